The maximum atomic E-state index is 12.3. The average molecular weight is 160 g/mol. The molecule has 10 heavy (non-hydrogen) atoms. The summed E-state index contributed by atoms with van der Waals surface area (Å²) in [4.78, 5) is 9.88. The Morgan fingerprint density at radius 3 is 2.70 bits per heavy atom. The van der Waals surface area contributed by atoms with Gasteiger partial charge in [-0.05, 0) is 23.4 Å². The molecule has 0 saturated carbocycles. The lowest BCUT2D eigenvalue weighted by Gasteiger charge is -1.91. The smallest absolute Gasteiger partial charge is 0.126 e. The van der Waals surface area contributed by atoms with Crippen molar-refractivity contribution in [2.24, 2.45) is 5.18 Å². The van der Waals surface area contributed by atoms with Crippen molar-refractivity contribution in [3.63, 3.8) is 0 Å². The predicted molar refractivity (Wildman–Crippen MR) is 36.9 cm³/mol. The van der Waals surface area contributed by atoms with Crippen molar-refractivity contribution in [2.75, 3.05) is 0 Å². The van der Waals surface area contributed by atoms with E-state index in [0.29, 0.717) is 0 Å². The zero-order chi connectivity index (χ0) is 7.56. The van der Waals surface area contributed by atoms with Crippen LogP contribution in [0.25, 0.3) is 0 Å². The molecular formula is C6H3ClFNO. The lowest BCUT2D eigenvalue weighted by molar-refractivity contribution is 0.628. The van der Waals surface area contributed by atoms with Crippen LogP contribution in [0.4, 0.5) is 10.1 Å². The van der Waals surface area contributed by atoms with Gasteiger partial charge in [-0.1, -0.05) is 11.6 Å². The summed E-state index contributed by atoms with van der Waals surface area (Å²) in [5, 5.41) is 2.60. The summed E-state index contributed by atoms with van der Waals surface area (Å²) in [6.45, 7) is 0. The van der Waals surface area contributed by atoms with Crippen LogP contribution in [0.2, 0.25) is 5.02 Å². The molecule has 0 aromatic heterocycles. The fraction of sp³-hybridized carbons (Fsp3) is 0. The molecule has 1 aromatic rings. The molecule has 0 atom stereocenters. The summed E-state index contributed by atoms with van der Waals surface area (Å²) in [7, 11) is 0. The summed E-state index contributed by atoms with van der Waals surface area (Å²) in [5.74, 6) is -0.475. The van der Waals surface area contributed by atoms with Gasteiger partial charge in [0.1, 0.15) is 11.5 Å². The molecule has 0 radical (unpaired) electrons. The number of benzene rings is 1. The Labute approximate surface area is 61.6 Å². The number of nitrogens with zero attached hydrogens (tertiary/aromatic N) is 1. The molecule has 0 bridgehead atoms. The second kappa shape index (κ2) is 2.75. The van der Waals surface area contributed by atoms with Gasteiger partial charge in [0, 0.05) is 0 Å². The molecule has 0 unspecified atom stereocenters. The molecule has 4 heteroatoms. The molecule has 0 spiro atoms. The highest BCUT2D eigenvalue weighted by Crippen LogP contribution is 2.24. The van der Waals surface area contributed by atoms with E-state index in [1.807, 2.05) is 0 Å². The Balaban J connectivity index is 3.19. The van der Waals surface area contributed by atoms with E-state index < -0.39 is 5.82 Å². The van der Waals surface area contributed by atoms with Gasteiger partial charge in [0.15, 0.2) is 0 Å². The molecule has 1 rings (SSSR count). The molecule has 0 fully saturated rings. The predicted octanol–water partition coefficient (Wildman–Crippen LogP) is 2.88. The van der Waals surface area contributed by atoms with Crippen molar-refractivity contribution in [1.82, 2.24) is 0 Å². The van der Waals surface area contributed by atoms with Gasteiger partial charge in [-0.25, -0.2) is 4.39 Å². The normalized spacial score (nSPS) is 9.40. The van der Waals surface area contributed by atoms with Crippen LogP contribution in [0.3, 0.4) is 0 Å². The molecule has 0 heterocycles. The van der Waals surface area contributed by atoms with Crippen LogP contribution < -0.4 is 0 Å². The minimum atomic E-state index is -0.475. The Hall–Kier alpha value is -0.960. The van der Waals surface area contributed by atoms with Gasteiger partial charge in [0.25, 0.3) is 0 Å². The Bertz CT molecular complexity index is 264. The first kappa shape index (κ1) is 7.15. The van der Waals surface area contributed by atoms with Crippen LogP contribution in [-0.2, 0) is 0 Å². The molecule has 1 aromatic carbocycles. The number of rotatable bonds is 1. The maximum absolute atomic E-state index is 12.3. The number of halogens is 2. The fourth-order valence-electron chi connectivity index (χ4n) is 0.555. The van der Waals surface area contributed by atoms with Crippen molar-refractivity contribution in [1.29, 1.82) is 0 Å². The van der Waals surface area contributed by atoms with Crippen molar-refractivity contribution < 1.29 is 4.39 Å². The van der Waals surface area contributed by atoms with Crippen molar-refractivity contribution >= 4 is 17.3 Å². The average Bonchev–Trinajstić information content (AvgIpc) is 1.88. The third kappa shape index (κ3) is 1.30. The van der Waals surface area contributed by atoms with E-state index in [2.05, 4.69) is 5.18 Å². The molecular weight excluding hydrogens is 157 g/mol. The van der Waals surface area contributed by atoms with Gasteiger partial charge in [-0.15, -0.1) is 4.91 Å². The molecule has 0 aliphatic carbocycles. The highest BCUT2D eigenvalue weighted by Gasteiger charge is 1.99. The summed E-state index contributed by atoms with van der Waals surface area (Å²) >= 11 is 5.40. The van der Waals surface area contributed by atoms with E-state index in [-0.39, 0.29) is 10.7 Å². The second-order valence-corrected chi connectivity index (χ2v) is 2.09. The fourth-order valence-corrected chi connectivity index (χ4v) is 0.757. The van der Waals surface area contributed by atoms with Crippen molar-refractivity contribution in [3.05, 3.63) is 33.9 Å². The van der Waals surface area contributed by atoms with E-state index in [1.54, 1.807) is 0 Å². The molecule has 2 nitrogen and oxygen atoms in total. The lowest BCUT2D eigenvalue weighted by Crippen LogP contribution is -1.71. The van der Waals surface area contributed by atoms with E-state index in [0.717, 1.165) is 12.1 Å². The van der Waals surface area contributed by atoms with Crippen molar-refractivity contribution in [3.8, 4) is 0 Å². The van der Waals surface area contributed by atoms with Crippen LogP contribution in [0, 0.1) is 10.7 Å². The standard InChI is InChI=1S/C6H3ClFNO/c7-5-3-4(8)1-2-6(5)9-10/h1-3H. The Kier molecular flexibility index (Phi) is 1.97. The highest BCUT2D eigenvalue weighted by atomic mass is 35.5. The van der Waals surface area contributed by atoms with Crippen molar-refractivity contribution in [2.45, 2.75) is 0 Å². The van der Waals surface area contributed by atoms with E-state index in [9.17, 15) is 9.30 Å². The highest BCUT2D eigenvalue weighted by molar-refractivity contribution is 6.32. The minimum absolute atomic E-state index is 0.0370. The zero-order valence-corrected chi connectivity index (χ0v) is 5.60. The summed E-state index contributed by atoms with van der Waals surface area (Å²) < 4.78 is 12.3. The second-order valence-electron chi connectivity index (χ2n) is 1.69. The number of nitroso groups, excluding NO2 is 1. The van der Waals surface area contributed by atoms with Crippen LogP contribution in [0.5, 0.6) is 0 Å². The first-order valence-electron chi connectivity index (χ1n) is 2.52. The van der Waals surface area contributed by atoms with E-state index in [1.165, 1.54) is 6.07 Å². The minimum Gasteiger partial charge on any atom is -0.207 e. The van der Waals surface area contributed by atoms with Gasteiger partial charge in [-0.2, -0.15) is 0 Å². The third-order valence-electron chi connectivity index (χ3n) is 1.01. The van der Waals surface area contributed by atoms with Gasteiger partial charge in [0.05, 0.1) is 5.02 Å². The zero-order valence-electron chi connectivity index (χ0n) is 4.84. The SMILES string of the molecule is O=Nc1ccc(F)cc1Cl. The topological polar surface area (TPSA) is 29.4 Å². The van der Waals surface area contributed by atoms with E-state index >= 15 is 0 Å². The van der Waals surface area contributed by atoms with Gasteiger partial charge in [0.2, 0.25) is 0 Å². The number of hydrogen-bond acceptors (Lipinski definition) is 2. The Morgan fingerprint density at radius 1 is 1.50 bits per heavy atom. The first-order valence-corrected chi connectivity index (χ1v) is 2.90. The van der Waals surface area contributed by atoms with E-state index in [4.69, 9.17) is 11.6 Å². The Morgan fingerprint density at radius 2 is 2.20 bits per heavy atom. The molecule has 0 amide bonds. The lowest BCUT2D eigenvalue weighted by atomic mass is 10.3. The van der Waals surface area contributed by atoms with Crippen LogP contribution in [-0.4, -0.2) is 0 Å². The quantitative estimate of drug-likeness (QED) is 0.580. The van der Waals surface area contributed by atoms with Gasteiger partial charge >= 0.3 is 0 Å². The van der Waals surface area contributed by atoms with Gasteiger partial charge < -0.3 is 0 Å². The van der Waals surface area contributed by atoms with Crippen LogP contribution in [0.1, 0.15) is 0 Å². The molecule has 0 N–H and O–H groups in total. The van der Waals surface area contributed by atoms with Gasteiger partial charge in [-0.3, -0.25) is 0 Å². The summed E-state index contributed by atoms with van der Waals surface area (Å²) in [5.41, 5.74) is 0.0584. The third-order valence-corrected chi connectivity index (χ3v) is 1.31. The number of hydrogen-bond donors (Lipinski definition) is 0. The summed E-state index contributed by atoms with van der Waals surface area (Å²) in [6, 6.07) is 3.39. The largest absolute Gasteiger partial charge is 0.207 e. The molecule has 0 aliphatic heterocycles. The molecule has 0 saturated heterocycles. The van der Waals surface area contributed by atoms with Crippen LogP contribution in [0.15, 0.2) is 23.4 Å². The molecule has 0 aliphatic rings. The maximum Gasteiger partial charge on any atom is 0.126 e. The molecule has 52 valence electrons. The first-order chi connectivity index (χ1) is 4.74. The monoisotopic (exact) mass is 159 g/mol. The van der Waals surface area contributed by atoms with Crippen LogP contribution >= 0.6 is 11.6 Å². The summed E-state index contributed by atoms with van der Waals surface area (Å²) in [6.07, 6.45) is 0.